The zero-order valence-corrected chi connectivity index (χ0v) is 13.1. The van der Waals surface area contributed by atoms with Crippen molar-refractivity contribution in [3.8, 4) is 11.3 Å². The third-order valence-corrected chi connectivity index (χ3v) is 3.54. The monoisotopic (exact) mass is 341 g/mol. The average Bonchev–Trinajstić information content (AvgIpc) is 3.02. The Morgan fingerprint density at radius 2 is 2.04 bits per heavy atom. The van der Waals surface area contributed by atoms with Gasteiger partial charge in [0, 0.05) is 18.7 Å². The fourth-order valence-corrected chi connectivity index (χ4v) is 2.14. The summed E-state index contributed by atoms with van der Waals surface area (Å²) in [5.74, 6) is -0.122. The Bertz CT molecular complexity index is 694. The van der Waals surface area contributed by atoms with Crippen molar-refractivity contribution in [1.29, 1.82) is 0 Å². The molecule has 2 aromatic rings. The van der Waals surface area contributed by atoms with Gasteiger partial charge in [-0.25, -0.2) is 0 Å². The molecule has 0 saturated carbocycles. The van der Waals surface area contributed by atoms with E-state index in [1.807, 2.05) is 6.92 Å². The van der Waals surface area contributed by atoms with Crippen molar-refractivity contribution in [3.05, 3.63) is 47.7 Å². The maximum Gasteiger partial charge on any atom is 0.416 e. The largest absolute Gasteiger partial charge is 0.451 e. The lowest BCUT2D eigenvalue weighted by Crippen LogP contribution is -2.28. The first-order valence-electron chi connectivity index (χ1n) is 7.47. The number of aliphatic hydroxyl groups excluding tert-OH is 1. The molecule has 1 amide bonds. The van der Waals surface area contributed by atoms with Crippen LogP contribution < -0.4 is 5.32 Å². The zero-order chi connectivity index (χ0) is 17.7. The minimum absolute atomic E-state index is 0.0265. The third kappa shape index (κ3) is 4.61. The number of benzene rings is 1. The molecule has 0 radical (unpaired) electrons. The van der Waals surface area contributed by atoms with Gasteiger partial charge in [-0.1, -0.05) is 19.1 Å². The standard InChI is InChI=1S/C17H18F3NO3/c1-11(7-8-22)10-21-16(23)15-6-5-14(24-15)12-3-2-4-13(9-12)17(18,19)20/h2-6,9,11,22H,7-8,10H2,1H3,(H,21,23). The lowest BCUT2D eigenvalue weighted by atomic mass is 10.1. The molecule has 0 saturated heterocycles. The molecular formula is C17H18F3NO3. The van der Waals surface area contributed by atoms with Crippen LogP contribution in [0.1, 0.15) is 29.5 Å². The minimum atomic E-state index is -4.44. The van der Waals surface area contributed by atoms with Crippen LogP contribution in [0.4, 0.5) is 13.2 Å². The molecule has 7 heteroatoms. The van der Waals surface area contributed by atoms with Crippen molar-refractivity contribution in [2.45, 2.75) is 19.5 Å². The molecule has 0 bridgehead atoms. The van der Waals surface area contributed by atoms with E-state index in [2.05, 4.69) is 5.32 Å². The molecule has 0 aliphatic carbocycles. The molecule has 0 aliphatic heterocycles. The summed E-state index contributed by atoms with van der Waals surface area (Å²) in [7, 11) is 0. The highest BCUT2D eigenvalue weighted by molar-refractivity contribution is 5.92. The molecule has 0 fully saturated rings. The number of halogens is 3. The number of carbonyl (C=O) groups excluding carboxylic acids is 1. The van der Waals surface area contributed by atoms with Crippen molar-refractivity contribution >= 4 is 5.91 Å². The number of furan rings is 1. The van der Waals surface area contributed by atoms with Gasteiger partial charge in [0.1, 0.15) is 5.76 Å². The van der Waals surface area contributed by atoms with Gasteiger partial charge in [0.15, 0.2) is 5.76 Å². The zero-order valence-electron chi connectivity index (χ0n) is 13.1. The number of amides is 1. The summed E-state index contributed by atoms with van der Waals surface area (Å²) in [6.45, 7) is 2.29. The molecule has 24 heavy (non-hydrogen) atoms. The van der Waals surface area contributed by atoms with Gasteiger partial charge in [0.05, 0.1) is 5.56 Å². The predicted octanol–water partition coefficient (Wildman–Crippen LogP) is 3.71. The van der Waals surface area contributed by atoms with E-state index in [9.17, 15) is 18.0 Å². The van der Waals surface area contributed by atoms with Crippen LogP contribution in [-0.2, 0) is 6.18 Å². The van der Waals surface area contributed by atoms with Crippen molar-refractivity contribution < 1.29 is 27.5 Å². The Kier molecular flexibility index (Phi) is 5.66. The second-order valence-corrected chi connectivity index (χ2v) is 5.57. The Morgan fingerprint density at radius 3 is 2.71 bits per heavy atom. The summed E-state index contributed by atoms with van der Waals surface area (Å²) in [5, 5.41) is 11.5. The molecule has 1 aromatic heterocycles. The highest BCUT2D eigenvalue weighted by Crippen LogP contribution is 2.32. The number of carbonyl (C=O) groups is 1. The molecular weight excluding hydrogens is 323 g/mol. The number of aliphatic hydroxyl groups is 1. The first-order chi connectivity index (χ1) is 11.3. The molecule has 130 valence electrons. The molecule has 0 spiro atoms. The van der Waals surface area contributed by atoms with Crippen molar-refractivity contribution in [1.82, 2.24) is 5.32 Å². The highest BCUT2D eigenvalue weighted by Gasteiger charge is 2.30. The fourth-order valence-electron chi connectivity index (χ4n) is 2.14. The molecule has 1 aromatic carbocycles. The lowest BCUT2D eigenvalue weighted by molar-refractivity contribution is -0.137. The summed E-state index contributed by atoms with van der Waals surface area (Å²) < 4.78 is 43.6. The number of hydrogen-bond donors (Lipinski definition) is 2. The molecule has 2 N–H and O–H groups in total. The highest BCUT2D eigenvalue weighted by atomic mass is 19.4. The van der Waals surface area contributed by atoms with Gasteiger partial charge in [0.2, 0.25) is 0 Å². The molecule has 2 rings (SSSR count). The Hall–Kier alpha value is -2.28. The molecule has 4 nitrogen and oxygen atoms in total. The van der Waals surface area contributed by atoms with Crippen LogP contribution in [0.5, 0.6) is 0 Å². The second kappa shape index (κ2) is 7.53. The van der Waals surface area contributed by atoms with E-state index in [1.165, 1.54) is 24.3 Å². The topological polar surface area (TPSA) is 62.5 Å². The molecule has 1 heterocycles. The summed E-state index contributed by atoms with van der Waals surface area (Å²) in [5.41, 5.74) is -0.530. The van der Waals surface area contributed by atoms with Crippen molar-refractivity contribution in [2.24, 2.45) is 5.92 Å². The molecule has 0 aliphatic rings. The van der Waals surface area contributed by atoms with E-state index in [0.29, 0.717) is 13.0 Å². The van der Waals surface area contributed by atoms with Crippen LogP contribution in [-0.4, -0.2) is 24.2 Å². The van der Waals surface area contributed by atoms with Crippen LogP contribution in [0.2, 0.25) is 0 Å². The summed E-state index contributed by atoms with van der Waals surface area (Å²) in [4.78, 5) is 12.0. The van der Waals surface area contributed by atoms with Gasteiger partial charge >= 0.3 is 6.18 Å². The number of nitrogens with one attached hydrogen (secondary N) is 1. The van der Waals surface area contributed by atoms with Gasteiger partial charge in [-0.2, -0.15) is 13.2 Å². The van der Waals surface area contributed by atoms with E-state index in [0.717, 1.165) is 12.1 Å². The van der Waals surface area contributed by atoms with E-state index in [1.54, 1.807) is 0 Å². The maximum absolute atomic E-state index is 12.7. The van der Waals surface area contributed by atoms with Gasteiger partial charge < -0.3 is 14.8 Å². The van der Waals surface area contributed by atoms with Gasteiger partial charge in [-0.05, 0) is 36.6 Å². The van der Waals surface area contributed by atoms with Crippen LogP contribution >= 0.6 is 0 Å². The maximum atomic E-state index is 12.7. The predicted molar refractivity (Wildman–Crippen MR) is 82.3 cm³/mol. The second-order valence-electron chi connectivity index (χ2n) is 5.57. The van der Waals surface area contributed by atoms with Crippen LogP contribution in [0.25, 0.3) is 11.3 Å². The van der Waals surface area contributed by atoms with E-state index in [-0.39, 0.29) is 29.6 Å². The lowest BCUT2D eigenvalue weighted by Gasteiger charge is -2.10. The normalized spacial score (nSPS) is 12.9. The minimum Gasteiger partial charge on any atom is -0.451 e. The van der Waals surface area contributed by atoms with Crippen LogP contribution in [0.15, 0.2) is 40.8 Å². The van der Waals surface area contributed by atoms with Gasteiger partial charge in [-0.15, -0.1) is 0 Å². The van der Waals surface area contributed by atoms with Crippen LogP contribution in [0, 0.1) is 5.92 Å². The first kappa shape index (κ1) is 18.1. The van der Waals surface area contributed by atoms with Gasteiger partial charge in [-0.3, -0.25) is 4.79 Å². The number of rotatable bonds is 6. The number of hydrogen-bond acceptors (Lipinski definition) is 3. The Balaban J connectivity index is 2.09. The van der Waals surface area contributed by atoms with Crippen LogP contribution in [0.3, 0.4) is 0 Å². The van der Waals surface area contributed by atoms with E-state index >= 15 is 0 Å². The molecule has 1 atom stereocenters. The summed E-state index contributed by atoms with van der Waals surface area (Å²) in [6.07, 6.45) is -3.88. The third-order valence-electron chi connectivity index (χ3n) is 3.54. The first-order valence-corrected chi connectivity index (χ1v) is 7.47. The quantitative estimate of drug-likeness (QED) is 0.842. The Labute approximate surface area is 137 Å². The van der Waals surface area contributed by atoms with E-state index in [4.69, 9.17) is 9.52 Å². The smallest absolute Gasteiger partial charge is 0.416 e. The van der Waals surface area contributed by atoms with E-state index < -0.39 is 17.6 Å². The van der Waals surface area contributed by atoms with Crippen molar-refractivity contribution in [2.75, 3.05) is 13.2 Å². The number of alkyl halides is 3. The molecule has 1 unspecified atom stereocenters. The van der Waals surface area contributed by atoms with Crippen molar-refractivity contribution in [3.63, 3.8) is 0 Å². The Morgan fingerprint density at radius 1 is 1.29 bits per heavy atom. The average molecular weight is 341 g/mol. The summed E-state index contributed by atoms with van der Waals surface area (Å²) >= 11 is 0. The fraction of sp³-hybridized carbons (Fsp3) is 0.353. The SMILES string of the molecule is CC(CCO)CNC(=O)c1ccc(-c2cccc(C(F)(F)F)c2)o1. The summed E-state index contributed by atoms with van der Waals surface area (Å²) in [6, 6.07) is 7.60. The van der Waals surface area contributed by atoms with Gasteiger partial charge in [0.25, 0.3) is 5.91 Å².